The van der Waals surface area contributed by atoms with Crippen molar-refractivity contribution in [3.8, 4) is 0 Å². The Bertz CT molecular complexity index is 249. The van der Waals surface area contributed by atoms with Crippen molar-refractivity contribution in [2.45, 2.75) is 45.1 Å². The molecule has 1 unspecified atom stereocenters. The standard InChI is InChI=1S/C14H31N3O2/c1-5-16-14(2,13(15)18)9-6-7-10-17(3)11-8-12-19-4/h16H,5-12H2,1-4H3,(H2,15,18). The van der Waals surface area contributed by atoms with Gasteiger partial charge in [0.2, 0.25) is 5.91 Å². The highest BCUT2D eigenvalue weighted by atomic mass is 16.5. The second-order valence-electron chi connectivity index (χ2n) is 5.33. The zero-order chi connectivity index (χ0) is 14.7. The fraction of sp³-hybridized carbons (Fsp3) is 0.929. The van der Waals surface area contributed by atoms with E-state index in [0.29, 0.717) is 0 Å². The van der Waals surface area contributed by atoms with Gasteiger partial charge in [-0.25, -0.2) is 0 Å². The molecule has 5 nitrogen and oxygen atoms in total. The van der Waals surface area contributed by atoms with Crippen molar-refractivity contribution in [2.24, 2.45) is 5.73 Å². The first-order valence-corrected chi connectivity index (χ1v) is 7.18. The van der Waals surface area contributed by atoms with Crippen molar-refractivity contribution in [1.82, 2.24) is 10.2 Å². The van der Waals surface area contributed by atoms with Crippen molar-refractivity contribution in [2.75, 3.05) is 40.4 Å². The molecule has 1 atom stereocenters. The van der Waals surface area contributed by atoms with Crippen molar-refractivity contribution in [3.63, 3.8) is 0 Å². The molecule has 0 radical (unpaired) electrons. The first-order chi connectivity index (χ1) is 8.96. The summed E-state index contributed by atoms with van der Waals surface area (Å²) < 4.78 is 5.03. The monoisotopic (exact) mass is 273 g/mol. The van der Waals surface area contributed by atoms with Crippen molar-refractivity contribution < 1.29 is 9.53 Å². The quantitative estimate of drug-likeness (QED) is 0.520. The maximum absolute atomic E-state index is 11.4. The molecule has 19 heavy (non-hydrogen) atoms. The number of ether oxygens (including phenoxy) is 1. The number of primary amides is 1. The van der Waals surface area contributed by atoms with E-state index in [4.69, 9.17) is 10.5 Å². The normalized spacial score (nSPS) is 14.6. The van der Waals surface area contributed by atoms with E-state index < -0.39 is 5.54 Å². The van der Waals surface area contributed by atoms with Gasteiger partial charge in [0.15, 0.2) is 0 Å². The number of nitrogens with zero attached hydrogens (tertiary/aromatic N) is 1. The molecule has 114 valence electrons. The summed E-state index contributed by atoms with van der Waals surface area (Å²) in [6.45, 7) is 7.55. The second-order valence-corrected chi connectivity index (χ2v) is 5.33. The number of nitrogens with one attached hydrogen (secondary N) is 1. The number of rotatable bonds is 12. The van der Waals surface area contributed by atoms with Gasteiger partial charge in [-0.15, -0.1) is 0 Å². The molecule has 0 aromatic rings. The lowest BCUT2D eigenvalue weighted by Crippen LogP contribution is -2.53. The Morgan fingerprint density at radius 1 is 1.32 bits per heavy atom. The Balaban J connectivity index is 3.79. The van der Waals surface area contributed by atoms with Gasteiger partial charge in [-0.2, -0.15) is 0 Å². The number of hydrogen-bond acceptors (Lipinski definition) is 4. The molecule has 1 amide bonds. The molecule has 0 rings (SSSR count). The van der Waals surface area contributed by atoms with Crippen LogP contribution in [0.4, 0.5) is 0 Å². The maximum Gasteiger partial charge on any atom is 0.237 e. The molecule has 0 aromatic heterocycles. The number of hydrogen-bond donors (Lipinski definition) is 2. The van der Waals surface area contributed by atoms with Gasteiger partial charge < -0.3 is 20.7 Å². The highest BCUT2D eigenvalue weighted by molar-refractivity contribution is 5.84. The molecule has 0 saturated carbocycles. The Labute approximate surface area is 117 Å². The average Bonchev–Trinajstić information content (AvgIpc) is 2.35. The molecule has 0 fully saturated rings. The molecular weight excluding hydrogens is 242 g/mol. The van der Waals surface area contributed by atoms with Gasteiger partial charge in [0.25, 0.3) is 0 Å². The van der Waals surface area contributed by atoms with Crippen LogP contribution in [-0.2, 0) is 9.53 Å². The summed E-state index contributed by atoms with van der Waals surface area (Å²) in [5.74, 6) is -0.261. The SMILES string of the molecule is CCNC(C)(CCCCN(C)CCCOC)C(N)=O. The minimum absolute atomic E-state index is 0.261. The van der Waals surface area contributed by atoms with Crippen LogP contribution in [0, 0.1) is 0 Å². The Hall–Kier alpha value is -0.650. The molecule has 0 bridgehead atoms. The van der Waals surface area contributed by atoms with E-state index in [-0.39, 0.29) is 5.91 Å². The number of carbonyl (C=O) groups is 1. The van der Waals surface area contributed by atoms with Crippen LogP contribution in [0.3, 0.4) is 0 Å². The Morgan fingerprint density at radius 2 is 1.95 bits per heavy atom. The molecule has 3 N–H and O–H groups in total. The maximum atomic E-state index is 11.4. The molecule has 0 saturated heterocycles. The summed E-state index contributed by atoms with van der Waals surface area (Å²) in [6.07, 6.45) is 3.93. The lowest BCUT2D eigenvalue weighted by molar-refractivity contribution is -0.124. The molecule has 0 spiro atoms. The van der Waals surface area contributed by atoms with Gasteiger partial charge >= 0.3 is 0 Å². The van der Waals surface area contributed by atoms with Crippen molar-refractivity contribution >= 4 is 5.91 Å². The fourth-order valence-corrected chi connectivity index (χ4v) is 2.14. The molecule has 0 aliphatic carbocycles. The van der Waals surface area contributed by atoms with Gasteiger partial charge in [-0.05, 0) is 52.7 Å². The summed E-state index contributed by atoms with van der Waals surface area (Å²) in [6, 6.07) is 0. The highest BCUT2D eigenvalue weighted by Crippen LogP contribution is 2.13. The average molecular weight is 273 g/mol. The number of amides is 1. The minimum atomic E-state index is -0.566. The van der Waals surface area contributed by atoms with E-state index in [2.05, 4.69) is 17.3 Å². The Morgan fingerprint density at radius 3 is 2.47 bits per heavy atom. The van der Waals surface area contributed by atoms with E-state index in [0.717, 1.165) is 51.9 Å². The van der Waals surface area contributed by atoms with E-state index in [1.54, 1.807) is 7.11 Å². The summed E-state index contributed by atoms with van der Waals surface area (Å²) >= 11 is 0. The topological polar surface area (TPSA) is 67.6 Å². The van der Waals surface area contributed by atoms with Crippen molar-refractivity contribution in [1.29, 1.82) is 0 Å². The van der Waals surface area contributed by atoms with Gasteiger partial charge in [0.1, 0.15) is 0 Å². The number of likely N-dealkylation sites (N-methyl/N-ethyl adjacent to an activating group) is 1. The van der Waals surface area contributed by atoms with Gasteiger partial charge in [-0.1, -0.05) is 6.92 Å². The largest absolute Gasteiger partial charge is 0.385 e. The summed E-state index contributed by atoms with van der Waals surface area (Å²) in [5, 5.41) is 3.18. The van der Waals surface area contributed by atoms with Crippen LogP contribution in [0.5, 0.6) is 0 Å². The lowest BCUT2D eigenvalue weighted by Gasteiger charge is -2.27. The predicted octanol–water partition coefficient (Wildman–Crippen LogP) is 0.979. The number of unbranched alkanes of at least 4 members (excludes halogenated alkanes) is 1. The number of nitrogens with two attached hydrogens (primary N) is 1. The van der Waals surface area contributed by atoms with Gasteiger partial charge in [0.05, 0.1) is 5.54 Å². The Kier molecular flexibility index (Phi) is 9.83. The van der Waals surface area contributed by atoms with Crippen LogP contribution in [0.2, 0.25) is 0 Å². The smallest absolute Gasteiger partial charge is 0.237 e. The zero-order valence-electron chi connectivity index (χ0n) is 13.0. The third-order valence-corrected chi connectivity index (χ3v) is 3.47. The zero-order valence-corrected chi connectivity index (χ0v) is 13.0. The number of carbonyl (C=O) groups excluding carboxylic acids is 1. The predicted molar refractivity (Wildman–Crippen MR) is 79.1 cm³/mol. The summed E-state index contributed by atoms with van der Waals surface area (Å²) in [7, 11) is 3.85. The van der Waals surface area contributed by atoms with Gasteiger partial charge in [0, 0.05) is 20.3 Å². The molecule has 0 aliphatic heterocycles. The molecule has 0 aliphatic rings. The fourth-order valence-electron chi connectivity index (χ4n) is 2.14. The molecule has 0 aromatic carbocycles. The van der Waals surface area contributed by atoms with E-state index in [1.165, 1.54) is 0 Å². The van der Waals surface area contributed by atoms with E-state index >= 15 is 0 Å². The molecule has 5 heteroatoms. The van der Waals surface area contributed by atoms with E-state index in [9.17, 15) is 4.79 Å². The first kappa shape index (κ1) is 18.4. The van der Waals surface area contributed by atoms with Crippen LogP contribution in [0.1, 0.15) is 39.5 Å². The molecule has 0 heterocycles. The summed E-state index contributed by atoms with van der Waals surface area (Å²) in [5.41, 5.74) is 4.89. The third-order valence-electron chi connectivity index (χ3n) is 3.47. The molecular formula is C14H31N3O2. The number of methoxy groups -OCH3 is 1. The van der Waals surface area contributed by atoms with Crippen LogP contribution < -0.4 is 11.1 Å². The first-order valence-electron chi connectivity index (χ1n) is 7.18. The minimum Gasteiger partial charge on any atom is -0.385 e. The lowest BCUT2D eigenvalue weighted by atomic mass is 9.94. The second kappa shape index (κ2) is 10.2. The third kappa shape index (κ3) is 8.18. The van der Waals surface area contributed by atoms with Crippen LogP contribution >= 0.6 is 0 Å². The summed E-state index contributed by atoms with van der Waals surface area (Å²) in [4.78, 5) is 13.7. The van der Waals surface area contributed by atoms with Crippen LogP contribution in [0.25, 0.3) is 0 Å². The van der Waals surface area contributed by atoms with E-state index in [1.807, 2.05) is 13.8 Å². The van der Waals surface area contributed by atoms with Crippen molar-refractivity contribution in [3.05, 3.63) is 0 Å². The van der Waals surface area contributed by atoms with Crippen LogP contribution in [0.15, 0.2) is 0 Å². The van der Waals surface area contributed by atoms with Crippen LogP contribution in [-0.4, -0.2) is 56.7 Å². The van der Waals surface area contributed by atoms with Gasteiger partial charge in [-0.3, -0.25) is 4.79 Å². The highest BCUT2D eigenvalue weighted by Gasteiger charge is 2.28.